The zero-order valence-electron chi connectivity index (χ0n) is 14.7. The summed E-state index contributed by atoms with van der Waals surface area (Å²) in [6.07, 6.45) is 0. The average molecular weight is 439 g/mol. The number of anilines is 1. The number of likely N-dealkylation sites (N-methyl/N-ethyl adjacent to an activating group) is 1. The number of thiophene rings is 1. The first-order valence-corrected chi connectivity index (χ1v) is 9.41. The third-order valence-electron chi connectivity index (χ3n) is 3.65. The Kier molecular flexibility index (Phi) is 6.93. The van der Waals surface area contributed by atoms with Gasteiger partial charge in [-0.15, -0.1) is 11.3 Å². The molecule has 0 spiro atoms. The molecule has 0 saturated heterocycles. The number of esters is 1. The molecule has 1 aromatic heterocycles. The van der Waals surface area contributed by atoms with Gasteiger partial charge in [0.2, 0.25) is 5.91 Å². The number of hydrogen-bond donors (Lipinski definition) is 1. The minimum absolute atomic E-state index is 0.130. The maximum absolute atomic E-state index is 12.2. The SMILES string of the molecule is Cc1cccc(C)c1NC(=O)CN(C)C(=O)COC(=O)c1ccc(Br)s1. The van der Waals surface area contributed by atoms with E-state index in [2.05, 4.69) is 21.2 Å². The number of aryl methyl sites for hydroxylation is 2. The van der Waals surface area contributed by atoms with Crippen LogP contribution in [0.4, 0.5) is 5.69 Å². The number of rotatable bonds is 6. The van der Waals surface area contributed by atoms with Gasteiger partial charge in [0, 0.05) is 12.7 Å². The van der Waals surface area contributed by atoms with Crippen LogP contribution in [0.15, 0.2) is 34.1 Å². The van der Waals surface area contributed by atoms with Gasteiger partial charge < -0.3 is 15.0 Å². The lowest BCUT2D eigenvalue weighted by Crippen LogP contribution is -2.37. The molecule has 0 fully saturated rings. The van der Waals surface area contributed by atoms with E-state index in [4.69, 9.17) is 4.74 Å². The van der Waals surface area contributed by atoms with E-state index in [1.54, 1.807) is 12.1 Å². The fourth-order valence-corrected chi connectivity index (χ4v) is 3.51. The summed E-state index contributed by atoms with van der Waals surface area (Å²) in [4.78, 5) is 37.7. The van der Waals surface area contributed by atoms with Crippen molar-refractivity contribution >= 4 is 50.7 Å². The molecule has 0 saturated carbocycles. The lowest BCUT2D eigenvalue weighted by molar-refractivity contribution is -0.136. The maximum atomic E-state index is 12.2. The molecular weight excluding hydrogens is 420 g/mol. The molecule has 0 atom stereocenters. The highest BCUT2D eigenvalue weighted by Crippen LogP contribution is 2.22. The molecule has 0 radical (unpaired) electrons. The molecule has 6 nitrogen and oxygen atoms in total. The molecule has 8 heteroatoms. The van der Waals surface area contributed by atoms with Gasteiger partial charge in [0.1, 0.15) is 4.88 Å². The molecule has 1 N–H and O–H groups in total. The number of amides is 2. The van der Waals surface area contributed by atoms with Crippen LogP contribution >= 0.6 is 27.3 Å². The highest BCUT2D eigenvalue weighted by molar-refractivity contribution is 9.11. The number of carbonyl (C=O) groups is 3. The van der Waals surface area contributed by atoms with Crippen molar-refractivity contribution in [2.75, 3.05) is 25.5 Å². The van der Waals surface area contributed by atoms with Gasteiger partial charge in [-0.25, -0.2) is 4.79 Å². The molecule has 1 heterocycles. The van der Waals surface area contributed by atoms with Crippen LogP contribution in [-0.4, -0.2) is 42.9 Å². The van der Waals surface area contributed by atoms with Crippen LogP contribution in [0.1, 0.15) is 20.8 Å². The monoisotopic (exact) mass is 438 g/mol. The largest absolute Gasteiger partial charge is 0.451 e. The highest BCUT2D eigenvalue weighted by atomic mass is 79.9. The van der Waals surface area contributed by atoms with E-state index < -0.39 is 18.5 Å². The summed E-state index contributed by atoms with van der Waals surface area (Å²) < 4.78 is 5.79. The van der Waals surface area contributed by atoms with Crippen LogP contribution in [0.25, 0.3) is 0 Å². The molecule has 138 valence electrons. The number of benzene rings is 1. The number of nitrogens with one attached hydrogen (secondary N) is 1. The normalized spacial score (nSPS) is 10.3. The van der Waals surface area contributed by atoms with Crippen LogP contribution in [-0.2, 0) is 14.3 Å². The molecular formula is C18H19BrN2O4S. The van der Waals surface area contributed by atoms with Crippen LogP contribution in [0, 0.1) is 13.8 Å². The van der Waals surface area contributed by atoms with Crippen LogP contribution in [0.2, 0.25) is 0 Å². The van der Waals surface area contributed by atoms with E-state index in [1.165, 1.54) is 23.3 Å². The third kappa shape index (κ3) is 5.40. The minimum Gasteiger partial charge on any atom is -0.451 e. The fourth-order valence-electron chi connectivity index (χ4n) is 2.23. The molecule has 0 aliphatic rings. The minimum atomic E-state index is -0.567. The van der Waals surface area contributed by atoms with Gasteiger partial charge in [0.05, 0.1) is 10.3 Å². The summed E-state index contributed by atoms with van der Waals surface area (Å²) in [5.41, 5.74) is 2.64. The number of hydrogen-bond acceptors (Lipinski definition) is 5. The standard InChI is InChI=1S/C18H19BrN2O4S/c1-11-5-4-6-12(2)17(11)20-15(22)9-21(3)16(23)10-25-18(24)13-7-8-14(19)26-13/h4-8H,9-10H2,1-3H3,(H,20,22). The maximum Gasteiger partial charge on any atom is 0.348 e. The Hall–Kier alpha value is -2.19. The Morgan fingerprint density at radius 2 is 1.81 bits per heavy atom. The summed E-state index contributed by atoms with van der Waals surface area (Å²) in [6.45, 7) is 3.26. The lowest BCUT2D eigenvalue weighted by atomic mass is 10.1. The number of para-hydroxylation sites is 1. The summed E-state index contributed by atoms with van der Waals surface area (Å²) >= 11 is 4.48. The van der Waals surface area contributed by atoms with E-state index in [0.29, 0.717) is 4.88 Å². The first kappa shape index (κ1) is 20.1. The van der Waals surface area contributed by atoms with Gasteiger partial charge in [-0.05, 0) is 53.0 Å². The van der Waals surface area contributed by atoms with Gasteiger partial charge >= 0.3 is 5.97 Å². The van der Waals surface area contributed by atoms with Crippen molar-refractivity contribution < 1.29 is 19.1 Å². The van der Waals surface area contributed by atoms with E-state index in [-0.39, 0.29) is 12.5 Å². The quantitative estimate of drug-likeness (QED) is 0.701. The zero-order chi connectivity index (χ0) is 19.3. The Bertz CT molecular complexity index is 814. The molecule has 0 bridgehead atoms. The molecule has 26 heavy (non-hydrogen) atoms. The van der Waals surface area contributed by atoms with Crippen molar-refractivity contribution in [1.29, 1.82) is 0 Å². The second-order valence-corrected chi connectivity index (χ2v) is 8.21. The summed E-state index contributed by atoms with van der Waals surface area (Å²) in [6, 6.07) is 9.06. The first-order chi connectivity index (χ1) is 12.3. The van der Waals surface area contributed by atoms with Crippen molar-refractivity contribution in [1.82, 2.24) is 4.90 Å². The molecule has 0 aliphatic heterocycles. The molecule has 0 unspecified atom stereocenters. The first-order valence-electron chi connectivity index (χ1n) is 7.80. The molecule has 2 amide bonds. The predicted octanol–water partition coefficient (Wildman–Crippen LogP) is 3.38. The van der Waals surface area contributed by atoms with Gasteiger partial charge in [0.25, 0.3) is 5.91 Å². The second-order valence-electron chi connectivity index (χ2n) is 5.74. The van der Waals surface area contributed by atoms with Crippen molar-refractivity contribution in [2.45, 2.75) is 13.8 Å². The zero-order valence-corrected chi connectivity index (χ0v) is 17.1. The summed E-state index contributed by atoms with van der Waals surface area (Å²) in [7, 11) is 1.49. The van der Waals surface area contributed by atoms with Crippen LogP contribution in [0.3, 0.4) is 0 Å². The Balaban J connectivity index is 1.84. The smallest absolute Gasteiger partial charge is 0.348 e. The Labute approximate surface area is 164 Å². The molecule has 0 aliphatic carbocycles. The van der Waals surface area contributed by atoms with Crippen LogP contribution < -0.4 is 5.32 Å². The van der Waals surface area contributed by atoms with Crippen molar-refractivity contribution in [2.24, 2.45) is 0 Å². The number of carbonyl (C=O) groups excluding carboxylic acids is 3. The lowest BCUT2D eigenvalue weighted by Gasteiger charge is -2.18. The predicted molar refractivity (Wildman–Crippen MR) is 104 cm³/mol. The van der Waals surface area contributed by atoms with Crippen molar-refractivity contribution in [3.05, 3.63) is 50.1 Å². The second kappa shape index (κ2) is 8.95. The third-order valence-corrected chi connectivity index (χ3v) is 5.26. The highest BCUT2D eigenvalue weighted by Gasteiger charge is 2.17. The van der Waals surface area contributed by atoms with Gasteiger partial charge in [-0.2, -0.15) is 0 Å². The average Bonchev–Trinajstić information content (AvgIpc) is 3.02. The van der Waals surface area contributed by atoms with E-state index in [1.807, 2.05) is 32.0 Å². The number of halogens is 1. The van der Waals surface area contributed by atoms with E-state index in [9.17, 15) is 14.4 Å². The summed E-state index contributed by atoms with van der Waals surface area (Å²) in [5, 5.41) is 2.81. The van der Waals surface area contributed by atoms with E-state index >= 15 is 0 Å². The van der Waals surface area contributed by atoms with Gasteiger partial charge in [-0.3, -0.25) is 9.59 Å². The van der Waals surface area contributed by atoms with E-state index in [0.717, 1.165) is 20.6 Å². The topological polar surface area (TPSA) is 75.7 Å². The molecule has 2 rings (SSSR count). The Morgan fingerprint density at radius 1 is 1.15 bits per heavy atom. The molecule has 2 aromatic rings. The summed E-state index contributed by atoms with van der Waals surface area (Å²) in [5.74, 6) is -1.33. The number of ether oxygens (including phenoxy) is 1. The number of nitrogens with zero attached hydrogens (tertiary/aromatic N) is 1. The van der Waals surface area contributed by atoms with Crippen LogP contribution in [0.5, 0.6) is 0 Å². The van der Waals surface area contributed by atoms with Gasteiger partial charge in [0.15, 0.2) is 6.61 Å². The molecule has 1 aromatic carbocycles. The fraction of sp³-hybridized carbons (Fsp3) is 0.278. The van der Waals surface area contributed by atoms with Crippen molar-refractivity contribution in [3.63, 3.8) is 0 Å². The Morgan fingerprint density at radius 3 is 2.38 bits per heavy atom. The van der Waals surface area contributed by atoms with Gasteiger partial charge in [-0.1, -0.05) is 18.2 Å². The van der Waals surface area contributed by atoms with Crippen molar-refractivity contribution in [3.8, 4) is 0 Å².